The van der Waals surface area contributed by atoms with E-state index in [0.717, 1.165) is 37.3 Å². The van der Waals surface area contributed by atoms with Crippen LogP contribution in [-0.2, 0) is 10.0 Å². The molecule has 0 amide bonds. The third-order valence-corrected chi connectivity index (χ3v) is 6.41. The van der Waals surface area contributed by atoms with Crippen molar-refractivity contribution in [3.05, 3.63) is 0 Å². The molecule has 22 heavy (non-hydrogen) atoms. The van der Waals surface area contributed by atoms with E-state index >= 15 is 0 Å². The van der Waals surface area contributed by atoms with E-state index < -0.39 is 10.0 Å². The van der Waals surface area contributed by atoms with Gasteiger partial charge in [0.2, 0.25) is 10.0 Å². The van der Waals surface area contributed by atoms with Gasteiger partial charge < -0.3 is 10.2 Å². The Kier molecular flexibility index (Phi) is 6.09. The topological polar surface area (TPSA) is 65.0 Å². The van der Waals surface area contributed by atoms with Crippen LogP contribution in [0.3, 0.4) is 0 Å². The van der Waals surface area contributed by atoms with E-state index in [1.54, 1.807) is 11.4 Å². The lowest BCUT2D eigenvalue weighted by Crippen LogP contribution is -2.43. The Labute approximate surface area is 135 Å². The maximum atomic E-state index is 11.8. The second-order valence-electron chi connectivity index (χ2n) is 6.77. The van der Waals surface area contributed by atoms with Crippen molar-refractivity contribution in [3.63, 3.8) is 0 Å². The molecule has 0 aromatic rings. The van der Waals surface area contributed by atoms with Gasteiger partial charge in [0.25, 0.3) is 0 Å². The fourth-order valence-electron chi connectivity index (χ4n) is 3.45. The second kappa shape index (κ2) is 7.64. The van der Waals surface area contributed by atoms with E-state index in [1.807, 2.05) is 0 Å². The van der Waals surface area contributed by atoms with Crippen LogP contribution in [0.15, 0.2) is 4.99 Å². The first-order valence-electron chi connectivity index (χ1n) is 8.36. The van der Waals surface area contributed by atoms with Gasteiger partial charge in [0.1, 0.15) is 0 Å². The third-order valence-electron chi connectivity index (χ3n) is 4.45. The number of likely N-dealkylation sites (tertiary alicyclic amines) is 1. The van der Waals surface area contributed by atoms with Crippen LogP contribution >= 0.6 is 0 Å². The number of nitrogens with zero attached hydrogens (tertiary/aromatic N) is 3. The first-order valence-corrected chi connectivity index (χ1v) is 9.96. The Balaban J connectivity index is 1.76. The second-order valence-corrected chi connectivity index (χ2v) is 8.86. The molecular weight excluding hydrogens is 300 g/mol. The van der Waals surface area contributed by atoms with Crippen molar-refractivity contribution >= 4 is 16.0 Å². The maximum absolute atomic E-state index is 11.8. The average molecular weight is 330 g/mol. The molecule has 0 saturated carbocycles. The molecule has 2 rings (SSSR count). The highest BCUT2D eigenvalue weighted by Gasteiger charge is 2.28. The van der Waals surface area contributed by atoms with E-state index in [0.29, 0.717) is 25.4 Å². The van der Waals surface area contributed by atoms with Crippen molar-refractivity contribution in [1.29, 1.82) is 0 Å². The highest BCUT2D eigenvalue weighted by atomic mass is 32.2. The number of rotatable bonds is 5. The van der Waals surface area contributed by atoms with Gasteiger partial charge in [-0.25, -0.2) is 12.7 Å². The molecule has 1 unspecified atom stereocenters. The Morgan fingerprint density at radius 2 is 2.14 bits per heavy atom. The zero-order chi connectivity index (χ0) is 16.2. The Hall–Kier alpha value is -0.820. The highest BCUT2D eigenvalue weighted by Crippen LogP contribution is 2.23. The van der Waals surface area contributed by atoms with Gasteiger partial charge in [-0.05, 0) is 31.1 Å². The van der Waals surface area contributed by atoms with Crippen LogP contribution in [0.1, 0.15) is 33.1 Å². The van der Waals surface area contributed by atoms with Gasteiger partial charge in [-0.1, -0.05) is 13.8 Å². The number of hydrogen-bond acceptors (Lipinski definition) is 3. The first kappa shape index (κ1) is 17.5. The molecule has 2 fully saturated rings. The molecule has 0 aliphatic carbocycles. The van der Waals surface area contributed by atoms with Gasteiger partial charge in [-0.3, -0.25) is 4.99 Å². The summed E-state index contributed by atoms with van der Waals surface area (Å²) in [6, 6.07) is 0. The van der Waals surface area contributed by atoms with Gasteiger partial charge in [0, 0.05) is 39.8 Å². The van der Waals surface area contributed by atoms with E-state index in [4.69, 9.17) is 0 Å². The lowest BCUT2D eigenvalue weighted by Gasteiger charge is -2.23. The van der Waals surface area contributed by atoms with Crippen molar-refractivity contribution in [2.24, 2.45) is 16.8 Å². The van der Waals surface area contributed by atoms with Crippen LogP contribution in [0.4, 0.5) is 0 Å². The molecule has 0 aromatic carbocycles. The zero-order valence-electron chi connectivity index (χ0n) is 14.1. The van der Waals surface area contributed by atoms with Gasteiger partial charge >= 0.3 is 0 Å². The summed E-state index contributed by atoms with van der Waals surface area (Å²) in [7, 11) is -1.20. The molecule has 2 aliphatic heterocycles. The van der Waals surface area contributed by atoms with Gasteiger partial charge in [0.05, 0.1) is 5.75 Å². The van der Waals surface area contributed by atoms with E-state index in [2.05, 4.69) is 29.1 Å². The van der Waals surface area contributed by atoms with Crippen molar-refractivity contribution in [2.75, 3.05) is 45.5 Å². The van der Waals surface area contributed by atoms with Crippen LogP contribution in [0, 0.1) is 11.8 Å². The molecule has 128 valence electrons. The monoisotopic (exact) mass is 330 g/mol. The van der Waals surface area contributed by atoms with Crippen molar-refractivity contribution in [1.82, 2.24) is 14.5 Å². The number of aliphatic imine (C=N–C) groups is 1. The summed E-state index contributed by atoms with van der Waals surface area (Å²) in [4.78, 5) is 6.64. The normalized spacial score (nSPS) is 26.1. The molecule has 2 heterocycles. The van der Waals surface area contributed by atoms with Gasteiger partial charge in [-0.15, -0.1) is 0 Å². The SMILES string of the molecule is CN=C(NCCN1CCCS1(=O)=O)N1CCC(CC(C)C)C1. The van der Waals surface area contributed by atoms with E-state index in [9.17, 15) is 8.42 Å². The predicted molar refractivity (Wildman–Crippen MR) is 90.5 cm³/mol. The lowest BCUT2D eigenvalue weighted by molar-refractivity contribution is 0.400. The summed E-state index contributed by atoms with van der Waals surface area (Å²) in [6.45, 7) is 8.45. The molecule has 1 atom stereocenters. The highest BCUT2D eigenvalue weighted by molar-refractivity contribution is 7.89. The first-order chi connectivity index (χ1) is 10.4. The van der Waals surface area contributed by atoms with Crippen LogP contribution < -0.4 is 5.32 Å². The van der Waals surface area contributed by atoms with Gasteiger partial charge in [0.15, 0.2) is 5.96 Å². The molecule has 7 heteroatoms. The van der Waals surface area contributed by atoms with Crippen LogP contribution in [0.25, 0.3) is 0 Å². The molecule has 6 nitrogen and oxygen atoms in total. The van der Waals surface area contributed by atoms with Gasteiger partial charge in [-0.2, -0.15) is 0 Å². The zero-order valence-corrected chi connectivity index (χ0v) is 14.9. The van der Waals surface area contributed by atoms with Crippen LogP contribution in [-0.4, -0.2) is 69.1 Å². The number of hydrogen-bond donors (Lipinski definition) is 1. The maximum Gasteiger partial charge on any atom is 0.214 e. The summed E-state index contributed by atoms with van der Waals surface area (Å²) in [5, 5.41) is 3.32. The molecule has 0 spiro atoms. The Bertz CT molecular complexity index is 490. The van der Waals surface area contributed by atoms with E-state index in [-0.39, 0.29) is 0 Å². The number of guanidine groups is 1. The predicted octanol–water partition coefficient (Wildman–Crippen LogP) is 0.965. The molecule has 2 saturated heterocycles. The summed E-state index contributed by atoms with van der Waals surface area (Å²) >= 11 is 0. The van der Waals surface area contributed by atoms with Crippen LogP contribution in [0.2, 0.25) is 0 Å². The summed E-state index contributed by atoms with van der Waals surface area (Å²) in [6.07, 6.45) is 3.24. The summed E-state index contributed by atoms with van der Waals surface area (Å²) in [5.74, 6) is 2.69. The van der Waals surface area contributed by atoms with Crippen molar-refractivity contribution in [3.8, 4) is 0 Å². The third kappa shape index (κ3) is 4.59. The summed E-state index contributed by atoms with van der Waals surface area (Å²) < 4.78 is 25.1. The average Bonchev–Trinajstić information content (AvgIpc) is 3.01. The molecule has 2 aliphatic rings. The molecule has 0 radical (unpaired) electrons. The molecular formula is C15H30N4O2S. The molecule has 1 N–H and O–H groups in total. The fraction of sp³-hybridized carbons (Fsp3) is 0.933. The minimum Gasteiger partial charge on any atom is -0.355 e. The number of sulfonamides is 1. The van der Waals surface area contributed by atoms with Crippen molar-refractivity contribution in [2.45, 2.75) is 33.1 Å². The molecule has 0 bridgehead atoms. The minimum absolute atomic E-state index is 0.296. The smallest absolute Gasteiger partial charge is 0.214 e. The fourth-order valence-corrected chi connectivity index (χ4v) is 4.98. The Morgan fingerprint density at radius 3 is 2.73 bits per heavy atom. The quantitative estimate of drug-likeness (QED) is 0.602. The largest absolute Gasteiger partial charge is 0.355 e. The van der Waals surface area contributed by atoms with Crippen LogP contribution in [0.5, 0.6) is 0 Å². The lowest BCUT2D eigenvalue weighted by atomic mass is 9.97. The number of nitrogens with one attached hydrogen (secondary N) is 1. The van der Waals surface area contributed by atoms with Crippen molar-refractivity contribution < 1.29 is 8.42 Å². The Morgan fingerprint density at radius 1 is 1.36 bits per heavy atom. The summed E-state index contributed by atoms with van der Waals surface area (Å²) in [5.41, 5.74) is 0. The minimum atomic E-state index is -2.99. The standard InChI is InChI=1S/C15H30N4O2S/c1-13(2)11-14-5-8-18(12-14)15(16-3)17-6-9-19-7-4-10-22(19,20)21/h13-14H,4-12H2,1-3H3,(H,16,17). The molecule has 0 aromatic heterocycles. The van der Waals surface area contributed by atoms with E-state index in [1.165, 1.54) is 12.8 Å².